The summed E-state index contributed by atoms with van der Waals surface area (Å²) in [5.74, 6) is -2.10. The third-order valence-corrected chi connectivity index (χ3v) is 5.15. The van der Waals surface area contributed by atoms with Gasteiger partial charge in [-0.25, -0.2) is 21.6 Å². The van der Waals surface area contributed by atoms with E-state index in [-0.39, 0.29) is 16.1 Å². The van der Waals surface area contributed by atoms with Gasteiger partial charge in [-0.15, -0.1) is 0 Å². The number of rotatable bonds is 6. The van der Waals surface area contributed by atoms with Crippen molar-refractivity contribution in [1.29, 1.82) is 0 Å². The smallest absolute Gasteiger partial charge is 0.335 e. The number of anilines is 1. The number of hydrogen-bond acceptors (Lipinski definition) is 6. The van der Waals surface area contributed by atoms with Crippen LogP contribution >= 0.6 is 0 Å². The number of sulfone groups is 1. The number of likely N-dealkylation sites (N-methyl/N-ethyl adjacent to an activating group) is 1. The summed E-state index contributed by atoms with van der Waals surface area (Å²) in [6, 6.07) is 3.14. The van der Waals surface area contributed by atoms with Crippen LogP contribution in [0, 0.1) is 0 Å². The van der Waals surface area contributed by atoms with Crippen molar-refractivity contribution in [2.24, 2.45) is 0 Å². The van der Waals surface area contributed by atoms with Crippen molar-refractivity contribution >= 4 is 37.4 Å². The summed E-state index contributed by atoms with van der Waals surface area (Å²) in [5.41, 5.74) is -0.378. The zero-order valence-corrected chi connectivity index (χ0v) is 14.2. The van der Waals surface area contributed by atoms with Gasteiger partial charge in [-0.1, -0.05) is 0 Å². The Labute approximate surface area is 133 Å². The summed E-state index contributed by atoms with van der Waals surface area (Å²) in [5, 5.41) is 11.3. The summed E-state index contributed by atoms with van der Waals surface area (Å²) in [7, 11) is -6.05. The molecule has 0 heterocycles. The molecule has 1 rings (SSSR count). The molecule has 23 heavy (non-hydrogen) atoms. The number of amides is 1. The Hall–Kier alpha value is -1.98. The Bertz CT molecular complexity index is 844. The van der Waals surface area contributed by atoms with Gasteiger partial charge in [-0.2, -0.15) is 4.31 Å². The van der Waals surface area contributed by atoms with Crippen LogP contribution in [0.15, 0.2) is 23.1 Å². The number of benzene rings is 1. The van der Waals surface area contributed by atoms with Crippen LogP contribution in [0.5, 0.6) is 0 Å². The average Bonchev–Trinajstić information content (AvgIpc) is 2.35. The van der Waals surface area contributed by atoms with Gasteiger partial charge in [0, 0.05) is 19.0 Å². The minimum absolute atomic E-state index is 0.0581. The fourth-order valence-electron chi connectivity index (χ4n) is 1.53. The highest BCUT2D eigenvalue weighted by molar-refractivity contribution is 7.90. The monoisotopic (exact) mass is 364 g/mol. The second-order valence-corrected chi connectivity index (χ2v) is 9.00. The van der Waals surface area contributed by atoms with E-state index >= 15 is 0 Å². The average molecular weight is 364 g/mol. The van der Waals surface area contributed by atoms with Gasteiger partial charge in [0.1, 0.15) is 0 Å². The maximum Gasteiger partial charge on any atom is 0.335 e. The molecule has 1 aromatic carbocycles. The lowest BCUT2D eigenvalue weighted by Gasteiger charge is -2.14. The van der Waals surface area contributed by atoms with Crippen molar-refractivity contribution in [3.63, 3.8) is 0 Å². The lowest BCUT2D eigenvalue weighted by atomic mass is 10.2. The number of nitrogens with zero attached hydrogens (tertiary/aromatic N) is 1. The summed E-state index contributed by atoms with van der Waals surface area (Å²) in [6.45, 7) is -0.496. The minimum atomic E-state index is -3.68. The van der Waals surface area contributed by atoms with Gasteiger partial charge in [0.25, 0.3) is 0 Å². The first kappa shape index (κ1) is 19.1. The van der Waals surface area contributed by atoms with Crippen LogP contribution in [-0.4, -0.2) is 64.2 Å². The van der Waals surface area contributed by atoms with Gasteiger partial charge in [0.2, 0.25) is 15.9 Å². The van der Waals surface area contributed by atoms with Crippen LogP contribution in [-0.2, 0) is 24.7 Å². The summed E-state index contributed by atoms with van der Waals surface area (Å²) < 4.78 is 46.4. The predicted molar refractivity (Wildman–Crippen MR) is 82.6 cm³/mol. The van der Waals surface area contributed by atoms with E-state index in [2.05, 4.69) is 5.32 Å². The molecule has 0 saturated carbocycles. The molecule has 0 aromatic heterocycles. The van der Waals surface area contributed by atoms with Crippen molar-refractivity contribution in [3.05, 3.63) is 23.8 Å². The SMILES string of the molecule is CN(CC(=O)Nc1cc(C(=O)O)cc(S(C)(=O)=O)c1)S(C)(=O)=O. The van der Waals surface area contributed by atoms with E-state index < -0.39 is 38.3 Å². The maximum absolute atomic E-state index is 11.8. The van der Waals surface area contributed by atoms with E-state index in [9.17, 15) is 26.4 Å². The number of carboxylic acid groups (broad SMARTS) is 1. The zero-order chi connectivity index (χ0) is 18.0. The number of sulfonamides is 1. The standard InChI is InChI=1S/C12H16N2O7S2/c1-14(23(3,20)21)7-11(15)13-9-4-8(12(16)17)5-10(6-9)22(2,18)19/h4-6H,7H2,1-3H3,(H,13,15)(H,16,17). The van der Waals surface area contributed by atoms with E-state index in [1.54, 1.807) is 0 Å². The Morgan fingerprint density at radius 1 is 1.13 bits per heavy atom. The molecular formula is C12H16N2O7S2. The molecule has 0 bridgehead atoms. The second kappa shape index (κ2) is 6.64. The van der Waals surface area contributed by atoms with Gasteiger partial charge in [0.05, 0.1) is 23.3 Å². The molecule has 0 atom stereocenters. The number of nitrogens with one attached hydrogen (secondary N) is 1. The molecule has 9 nitrogen and oxygen atoms in total. The van der Waals surface area contributed by atoms with Gasteiger partial charge < -0.3 is 10.4 Å². The number of carboxylic acids is 1. The highest BCUT2D eigenvalue weighted by Gasteiger charge is 2.18. The molecule has 0 aliphatic heterocycles. The number of aromatic carboxylic acids is 1. The van der Waals surface area contributed by atoms with Crippen molar-refractivity contribution in [3.8, 4) is 0 Å². The zero-order valence-electron chi connectivity index (χ0n) is 12.6. The molecule has 0 aliphatic carbocycles. The van der Waals surface area contributed by atoms with Crippen LogP contribution in [0.3, 0.4) is 0 Å². The number of carbonyl (C=O) groups is 2. The molecule has 128 valence electrons. The van der Waals surface area contributed by atoms with Crippen LogP contribution in [0.25, 0.3) is 0 Å². The topological polar surface area (TPSA) is 138 Å². The van der Waals surface area contributed by atoms with Gasteiger partial charge >= 0.3 is 5.97 Å². The first-order valence-corrected chi connectivity index (χ1v) is 9.84. The summed E-state index contributed by atoms with van der Waals surface area (Å²) in [4.78, 5) is 22.6. The normalized spacial score (nSPS) is 12.2. The molecule has 0 unspecified atom stereocenters. The minimum Gasteiger partial charge on any atom is -0.478 e. The molecular weight excluding hydrogens is 348 g/mol. The lowest BCUT2D eigenvalue weighted by Crippen LogP contribution is -2.34. The molecule has 0 radical (unpaired) electrons. The second-order valence-electron chi connectivity index (χ2n) is 4.89. The van der Waals surface area contributed by atoms with Gasteiger partial charge in [-0.3, -0.25) is 4.79 Å². The van der Waals surface area contributed by atoms with Gasteiger partial charge in [0.15, 0.2) is 9.84 Å². The first-order valence-electron chi connectivity index (χ1n) is 6.10. The highest BCUT2D eigenvalue weighted by atomic mass is 32.2. The maximum atomic E-state index is 11.8. The summed E-state index contributed by atoms with van der Waals surface area (Å²) >= 11 is 0. The van der Waals surface area contributed by atoms with Crippen LogP contribution < -0.4 is 5.32 Å². The van der Waals surface area contributed by atoms with Crippen molar-refractivity contribution < 1.29 is 31.5 Å². The molecule has 0 saturated heterocycles. The van der Waals surface area contributed by atoms with E-state index in [0.717, 1.165) is 35.0 Å². The molecule has 1 aromatic rings. The van der Waals surface area contributed by atoms with Gasteiger partial charge in [-0.05, 0) is 18.2 Å². The Kier molecular flexibility index (Phi) is 5.51. The van der Waals surface area contributed by atoms with Crippen LogP contribution in [0.2, 0.25) is 0 Å². The van der Waals surface area contributed by atoms with E-state index in [4.69, 9.17) is 5.11 Å². The van der Waals surface area contributed by atoms with E-state index in [1.807, 2.05) is 0 Å². The lowest BCUT2D eigenvalue weighted by molar-refractivity contribution is -0.116. The molecule has 2 N–H and O–H groups in total. The van der Waals surface area contributed by atoms with Crippen molar-refractivity contribution in [2.75, 3.05) is 31.4 Å². The third kappa shape index (κ3) is 5.62. The van der Waals surface area contributed by atoms with Crippen LogP contribution in [0.1, 0.15) is 10.4 Å². The Balaban J connectivity index is 3.11. The van der Waals surface area contributed by atoms with Crippen LogP contribution in [0.4, 0.5) is 5.69 Å². The fourth-order valence-corrected chi connectivity index (χ4v) is 2.56. The molecule has 0 spiro atoms. The molecule has 11 heteroatoms. The third-order valence-electron chi connectivity index (χ3n) is 2.80. The van der Waals surface area contributed by atoms with E-state index in [0.29, 0.717) is 0 Å². The molecule has 0 fully saturated rings. The first-order chi connectivity index (χ1) is 10.3. The summed E-state index contributed by atoms with van der Waals surface area (Å²) in [6.07, 6.45) is 1.82. The number of carbonyl (C=O) groups excluding carboxylic acids is 1. The molecule has 0 aliphatic rings. The fraction of sp³-hybridized carbons (Fsp3) is 0.333. The van der Waals surface area contributed by atoms with Crippen molar-refractivity contribution in [1.82, 2.24) is 4.31 Å². The van der Waals surface area contributed by atoms with Crippen molar-refractivity contribution in [2.45, 2.75) is 4.90 Å². The number of hydrogen-bond donors (Lipinski definition) is 2. The largest absolute Gasteiger partial charge is 0.478 e. The predicted octanol–water partition coefficient (Wildman–Crippen LogP) is -0.382. The van der Waals surface area contributed by atoms with E-state index in [1.165, 1.54) is 7.05 Å². The Morgan fingerprint density at radius 2 is 1.70 bits per heavy atom. The molecule has 1 amide bonds. The highest BCUT2D eigenvalue weighted by Crippen LogP contribution is 2.19. The quantitative estimate of drug-likeness (QED) is 0.701. The Morgan fingerprint density at radius 3 is 2.13 bits per heavy atom.